The molecule has 3 nitrogen and oxygen atoms in total. The van der Waals surface area contributed by atoms with Gasteiger partial charge in [0.25, 0.3) is 0 Å². The summed E-state index contributed by atoms with van der Waals surface area (Å²) < 4.78 is 0. The monoisotopic (exact) mass is 181 g/mol. The fourth-order valence-electron chi connectivity index (χ4n) is 3.28. The van der Waals surface area contributed by atoms with E-state index in [2.05, 4.69) is 0 Å². The SMILES string of the molecule is CC12CCC(C(N)=O)(C1=O)C2(C)C. The van der Waals surface area contributed by atoms with E-state index in [-0.39, 0.29) is 16.6 Å². The zero-order valence-electron chi connectivity index (χ0n) is 8.31. The molecular weight excluding hydrogens is 166 g/mol. The van der Waals surface area contributed by atoms with E-state index in [1.165, 1.54) is 0 Å². The molecule has 13 heavy (non-hydrogen) atoms. The molecule has 0 heterocycles. The van der Waals surface area contributed by atoms with Crippen molar-refractivity contribution in [2.24, 2.45) is 22.0 Å². The number of nitrogens with two attached hydrogens (primary N) is 1. The predicted octanol–water partition coefficient (Wildman–Crippen LogP) is 0.867. The smallest absolute Gasteiger partial charge is 0.231 e. The molecule has 0 spiro atoms. The number of amides is 1. The summed E-state index contributed by atoms with van der Waals surface area (Å²) in [5.74, 6) is -0.366. The minimum absolute atomic E-state index is 0.0671. The lowest BCUT2D eigenvalue weighted by atomic mass is 9.42. The highest BCUT2D eigenvalue weighted by atomic mass is 16.2. The van der Waals surface area contributed by atoms with Crippen molar-refractivity contribution in [3.63, 3.8) is 0 Å². The topological polar surface area (TPSA) is 60.2 Å². The highest BCUT2D eigenvalue weighted by Gasteiger charge is 2.80. The molecule has 0 radical (unpaired) electrons. The van der Waals surface area contributed by atoms with E-state index in [0.29, 0.717) is 6.42 Å². The number of carbonyl (C=O) groups excluding carboxylic acids is 2. The Morgan fingerprint density at radius 3 is 2.00 bits per heavy atom. The Morgan fingerprint density at radius 2 is 1.85 bits per heavy atom. The van der Waals surface area contributed by atoms with Gasteiger partial charge in [0.15, 0.2) is 5.78 Å². The van der Waals surface area contributed by atoms with Gasteiger partial charge in [-0.1, -0.05) is 20.8 Å². The van der Waals surface area contributed by atoms with Crippen molar-refractivity contribution in [1.29, 1.82) is 0 Å². The van der Waals surface area contributed by atoms with Crippen LogP contribution in [0.5, 0.6) is 0 Å². The molecule has 2 bridgehead atoms. The Morgan fingerprint density at radius 1 is 1.31 bits per heavy atom. The third kappa shape index (κ3) is 0.524. The quantitative estimate of drug-likeness (QED) is 0.610. The molecule has 3 fully saturated rings. The number of hydrogen-bond acceptors (Lipinski definition) is 2. The van der Waals surface area contributed by atoms with Crippen molar-refractivity contribution >= 4 is 11.7 Å². The molecule has 2 N–H and O–H groups in total. The van der Waals surface area contributed by atoms with E-state index in [0.717, 1.165) is 6.42 Å². The maximum Gasteiger partial charge on any atom is 0.231 e. The third-order valence-corrected chi connectivity index (χ3v) is 4.76. The maximum atomic E-state index is 11.8. The number of ketones is 1. The molecule has 1 amide bonds. The van der Waals surface area contributed by atoms with Crippen LogP contribution >= 0.6 is 0 Å². The van der Waals surface area contributed by atoms with Gasteiger partial charge in [0.05, 0.1) is 0 Å². The highest BCUT2D eigenvalue weighted by molar-refractivity contribution is 6.16. The summed E-state index contributed by atoms with van der Waals surface area (Å²) in [6.07, 6.45) is 1.45. The van der Waals surface area contributed by atoms with Crippen LogP contribution in [0.15, 0.2) is 0 Å². The van der Waals surface area contributed by atoms with Gasteiger partial charge in [-0.3, -0.25) is 9.59 Å². The molecule has 3 aliphatic carbocycles. The molecule has 0 aliphatic heterocycles. The lowest BCUT2D eigenvalue weighted by molar-refractivity contribution is -0.179. The zero-order chi connectivity index (χ0) is 10.1. The van der Waals surface area contributed by atoms with Gasteiger partial charge >= 0.3 is 0 Å². The predicted molar refractivity (Wildman–Crippen MR) is 47.8 cm³/mol. The first kappa shape index (κ1) is 8.73. The summed E-state index contributed by atoms with van der Waals surface area (Å²) in [7, 11) is 0. The number of Topliss-reactive ketones (excluding diaryl/α,β-unsaturated/α-hetero) is 1. The first-order valence-electron chi connectivity index (χ1n) is 4.65. The average molecular weight is 181 g/mol. The summed E-state index contributed by atoms with van der Waals surface area (Å²) in [5.41, 5.74) is 3.94. The summed E-state index contributed by atoms with van der Waals surface area (Å²) >= 11 is 0. The molecule has 72 valence electrons. The average Bonchev–Trinajstić information content (AvgIpc) is 2.39. The molecular formula is C10H15NO2. The second kappa shape index (κ2) is 1.81. The van der Waals surface area contributed by atoms with E-state index >= 15 is 0 Å². The van der Waals surface area contributed by atoms with Gasteiger partial charge in [-0.25, -0.2) is 0 Å². The summed E-state index contributed by atoms with van der Waals surface area (Å²) in [6, 6.07) is 0. The molecule has 2 unspecified atom stereocenters. The van der Waals surface area contributed by atoms with E-state index in [1.807, 2.05) is 20.8 Å². The first-order chi connectivity index (χ1) is 5.81. The number of fused-ring (bicyclic) bond motifs is 1. The lowest BCUT2D eigenvalue weighted by Crippen LogP contribution is -2.68. The van der Waals surface area contributed by atoms with Gasteiger partial charge < -0.3 is 5.73 Å². The molecule has 3 saturated carbocycles. The van der Waals surface area contributed by atoms with Crippen molar-refractivity contribution in [1.82, 2.24) is 0 Å². The molecule has 0 aromatic carbocycles. The second-order valence-corrected chi connectivity index (χ2v) is 5.06. The van der Waals surface area contributed by atoms with Crippen LogP contribution in [0, 0.1) is 16.2 Å². The van der Waals surface area contributed by atoms with Crippen LogP contribution in [-0.4, -0.2) is 11.7 Å². The summed E-state index contributed by atoms with van der Waals surface area (Å²) in [4.78, 5) is 23.2. The highest BCUT2D eigenvalue weighted by Crippen LogP contribution is 2.74. The number of hydrogen-bond donors (Lipinski definition) is 1. The van der Waals surface area contributed by atoms with E-state index in [1.54, 1.807) is 0 Å². The summed E-state index contributed by atoms with van der Waals surface area (Å²) in [5, 5.41) is 0. The second-order valence-electron chi connectivity index (χ2n) is 5.06. The fourth-order valence-corrected chi connectivity index (χ4v) is 3.28. The van der Waals surface area contributed by atoms with Gasteiger partial charge in [-0.15, -0.1) is 0 Å². The Bertz CT molecular complexity index is 321. The van der Waals surface area contributed by atoms with Crippen molar-refractivity contribution in [3.8, 4) is 0 Å². The molecule has 3 aliphatic rings. The Hall–Kier alpha value is -0.860. The fraction of sp³-hybridized carbons (Fsp3) is 0.800. The van der Waals surface area contributed by atoms with E-state index in [9.17, 15) is 9.59 Å². The summed E-state index contributed by atoms with van der Waals surface area (Å²) in [6.45, 7) is 5.90. The Kier molecular flexibility index (Phi) is 1.22. The lowest BCUT2D eigenvalue weighted by Gasteiger charge is -2.57. The molecule has 2 atom stereocenters. The van der Waals surface area contributed by atoms with Crippen molar-refractivity contribution in [3.05, 3.63) is 0 Å². The van der Waals surface area contributed by atoms with Crippen LogP contribution in [-0.2, 0) is 9.59 Å². The van der Waals surface area contributed by atoms with Crippen LogP contribution in [0.25, 0.3) is 0 Å². The van der Waals surface area contributed by atoms with Crippen LogP contribution in [0.2, 0.25) is 0 Å². The van der Waals surface area contributed by atoms with Crippen molar-refractivity contribution in [2.75, 3.05) is 0 Å². The first-order valence-corrected chi connectivity index (χ1v) is 4.65. The standard InChI is InChI=1S/C10H15NO2/c1-8(2)9(3)4-5-10(8,6(9)12)7(11)13/h4-5H2,1-3H3,(H2,11,13). The van der Waals surface area contributed by atoms with Gasteiger partial charge in [0.2, 0.25) is 5.91 Å². The minimum Gasteiger partial charge on any atom is -0.369 e. The molecule has 0 aromatic heterocycles. The van der Waals surface area contributed by atoms with Crippen molar-refractivity contribution < 1.29 is 9.59 Å². The number of carbonyl (C=O) groups is 2. The van der Waals surface area contributed by atoms with Gasteiger partial charge in [0.1, 0.15) is 5.41 Å². The zero-order valence-corrected chi connectivity index (χ0v) is 8.31. The molecule has 3 heteroatoms. The van der Waals surface area contributed by atoms with Crippen LogP contribution in [0.4, 0.5) is 0 Å². The maximum absolute atomic E-state index is 11.8. The van der Waals surface area contributed by atoms with Gasteiger partial charge in [-0.05, 0) is 18.3 Å². The van der Waals surface area contributed by atoms with Crippen LogP contribution in [0.3, 0.4) is 0 Å². The van der Waals surface area contributed by atoms with Crippen molar-refractivity contribution in [2.45, 2.75) is 33.6 Å². The largest absolute Gasteiger partial charge is 0.369 e. The Labute approximate surface area is 77.7 Å². The molecule has 0 aromatic rings. The Balaban J connectivity index is 2.56. The molecule has 0 saturated heterocycles. The third-order valence-electron chi connectivity index (χ3n) is 4.76. The molecule has 3 rings (SSSR count). The van der Waals surface area contributed by atoms with E-state index < -0.39 is 11.3 Å². The van der Waals surface area contributed by atoms with Crippen LogP contribution in [0.1, 0.15) is 33.6 Å². The minimum atomic E-state index is -0.845. The normalized spacial score (nSPS) is 45.9. The van der Waals surface area contributed by atoms with Gasteiger partial charge in [0, 0.05) is 5.41 Å². The van der Waals surface area contributed by atoms with E-state index in [4.69, 9.17) is 5.73 Å². The van der Waals surface area contributed by atoms with Crippen LogP contribution < -0.4 is 5.73 Å². The number of rotatable bonds is 1. The van der Waals surface area contributed by atoms with Gasteiger partial charge in [-0.2, -0.15) is 0 Å². The number of primary amides is 1.